The summed E-state index contributed by atoms with van der Waals surface area (Å²) < 4.78 is 32.8. The Morgan fingerprint density at radius 2 is 1.69 bits per heavy atom. The van der Waals surface area contributed by atoms with Crippen LogP contribution in [0.5, 0.6) is 0 Å². The third kappa shape index (κ3) is 4.20. The maximum atomic E-state index is 12.5. The van der Waals surface area contributed by atoms with Crippen LogP contribution in [0.25, 0.3) is 5.76 Å². The highest BCUT2D eigenvalue weighted by atomic mass is 32.3. The van der Waals surface area contributed by atoms with Crippen LogP contribution in [0.4, 0.5) is 5.69 Å². The zero-order chi connectivity index (χ0) is 18.6. The third-order valence-corrected chi connectivity index (χ3v) is 4.33. The van der Waals surface area contributed by atoms with Crippen LogP contribution in [0, 0.1) is 0 Å². The van der Waals surface area contributed by atoms with Crippen molar-refractivity contribution in [1.82, 2.24) is 5.43 Å². The highest BCUT2D eigenvalue weighted by molar-refractivity contribution is 7.82. The molecule has 1 heterocycles. The van der Waals surface area contributed by atoms with Crippen molar-refractivity contribution in [3.8, 4) is 0 Å². The van der Waals surface area contributed by atoms with Gasteiger partial charge in [-0.2, -0.15) is 0 Å². The molecule has 3 rings (SSSR count). The number of carbonyl (C=O) groups is 1. The van der Waals surface area contributed by atoms with Gasteiger partial charge in [-0.15, -0.1) is 8.42 Å². The molecule has 2 aromatic carbocycles. The fourth-order valence-electron chi connectivity index (χ4n) is 2.37. The van der Waals surface area contributed by atoms with Gasteiger partial charge >= 0.3 is 10.4 Å². The van der Waals surface area contributed by atoms with Crippen LogP contribution in [0.15, 0.2) is 60.4 Å². The Labute approximate surface area is 150 Å². The van der Waals surface area contributed by atoms with Crippen molar-refractivity contribution in [3.63, 3.8) is 0 Å². The van der Waals surface area contributed by atoms with Gasteiger partial charge in [0.25, 0.3) is 11.7 Å². The molecule has 0 saturated heterocycles. The minimum Gasteiger partial charge on any atom is -0.348 e. The van der Waals surface area contributed by atoms with Crippen molar-refractivity contribution in [2.75, 3.05) is 11.9 Å². The Morgan fingerprint density at radius 1 is 1.00 bits per heavy atom. The largest absolute Gasteiger partial charge is 0.501 e. The number of carbonyl (C=O) groups excluding carboxylic acids is 1. The number of nitrogens with one attached hydrogen (secondary N) is 2. The van der Waals surface area contributed by atoms with E-state index >= 15 is 0 Å². The summed E-state index contributed by atoms with van der Waals surface area (Å²) in [6, 6.07) is 15.5. The standard InChI is InChI=1S/C17H17N3O5S/c18-19-11-10-12-6-8-14(9-7-12)20-17(21)16-15(24-26(22,23)25-16)13-4-2-1-3-5-13/h1-9,19H,10-11,18H2,(H,20,21). The average Bonchev–Trinajstić information content (AvgIpc) is 2.98. The fourth-order valence-corrected chi connectivity index (χ4v) is 3.13. The van der Waals surface area contributed by atoms with E-state index in [0.717, 1.165) is 12.0 Å². The summed E-state index contributed by atoms with van der Waals surface area (Å²) in [4.78, 5) is 12.5. The van der Waals surface area contributed by atoms with Gasteiger partial charge in [0.15, 0.2) is 0 Å². The molecule has 0 aromatic heterocycles. The lowest BCUT2D eigenvalue weighted by Crippen LogP contribution is -2.24. The molecule has 1 aliphatic heterocycles. The van der Waals surface area contributed by atoms with E-state index < -0.39 is 22.1 Å². The SMILES string of the molecule is NNCCc1ccc(NC(=O)C2=C(c3ccccc3)OS(=O)(=O)O2)cc1. The normalized spacial score (nSPS) is 15.3. The van der Waals surface area contributed by atoms with Crippen molar-refractivity contribution >= 4 is 27.8 Å². The smallest absolute Gasteiger partial charge is 0.348 e. The van der Waals surface area contributed by atoms with Crippen LogP contribution < -0.4 is 16.6 Å². The second kappa shape index (κ2) is 7.56. The van der Waals surface area contributed by atoms with Crippen LogP contribution in [-0.2, 0) is 30.0 Å². The molecule has 26 heavy (non-hydrogen) atoms. The van der Waals surface area contributed by atoms with E-state index in [0.29, 0.717) is 17.8 Å². The number of hydrogen-bond acceptors (Lipinski definition) is 7. The molecule has 0 unspecified atom stereocenters. The Morgan fingerprint density at radius 3 is 2.35 bits per heavy atom. The first-order valence-electron chi connectivity index (χ1n) is 7.76. The van der Waals surface area contributed by atoms with Gasteiger partial charge < -0.3 is 13.7 Å². The molecule has 0 radical (unpaired) electrons. The molecule has 1 aliphatic rings. The van der Waals surface area contributed by atoms with Crippen LogP contribution in [0.3, 0.4) is 0 Å². The van der Waals surface area contributed by atoms with Gasteiger partial charge in [-0.05, 0) is 24.1 Å². The highest BCUT2D eigenvalue weighted by Crippen LogP contribution is 2.32. The Bertz CT molecular complexity index is 925. The Hall–Kier alpha value is -2.88. The van der Waals surface area contributed by atoms with Crippen LogP contribution in [0.1, 0.15) is 11.1 Å². The van der Waals surface area contributed by atoms with E-state index in [2.05, 4.69) is 10.7 Å². The van der Waals surface area contributed by atoms with Gasteiger partial charge in [0.1, 0.15) is 0 Å². The maximum Gasteiger partial charge on any atom is 0.501 e. The molecule has 8 nitrogen and oxygen atoms in total. The monoisotopic (exact) mass is 375 g/mol. The van der Waals surface area contributed by atoms with Gasteiger partial charge in [-0.1, -0.05) is 42.5 Å². The van der Waals surface area contributed by atoms with Crippen LogP contribution >= 0.6 is 0 Å². The van der Waals surface area contributed by atoms with Gasteiger partial charge in [-0.25, -0.2) is 0 Å². The number of rotatable bonds is 6. The van der Waals surface area contributed by atoms with Crippen molar-refractivity contribution in [1.29, 1.82) is 0 Å². The van der Waals surface area contributed by atoms with E-state index in [1.807, 2.05) is 12.1 Å². The summed E-state index contributed by atoms with van der Waals surface area (Å²) in [6.07, 6.45) is 0.739. The predicted octanol–water partition coefficient (Wildman–Crippen LogP) is 1.29. The molecule has 4 N–H and O–H groups in total. The second-order valence-electron chi connectivity index (χ2n) is 5.45. The number of hydrazine groups is 1. The van der Waals surface area contributed by atoms with Gasteiger partial charge in [0, 0.05) is 17.8 Å². The zero-order valence-electron chi connectivity index (χ0n) is 13.6. The summed E-state index contributed by atoms with van der Waals surface area (Å²) in [5.74, 6) is 3.96. The Kier molecular flexibility index (Phi) is 5.21. The van der Waals surface area contributed by atoms with Crippen LogP contribution in [-0.4, -0.2) is 20.9 Å². The molecular formula is C17H17N3O5S. The van der Waals surface area contributed by atoms with Gasteiger partial charge in [-0.3, -0.25) is 16.1 Å². The molecule has 0 atom stereocenters. The molecule has 0 fully saturated rings. The molecule has 0 saturated carbocycles. The average molecular weight is 375 g/mol. The third-order valence-electron chi connectivity index (χ3n) is 3.59. The van der Waals surface area contributed by atoms with E-state index in [9.17, 15) is 13.2 Å². The molecule has 136 valence electrons. The number of hydrogen-bond donors (Lipinski definition) is 3. The molecule has 1 amide bonds. The van der Waals surface area contributed by atoms with Crippen LogP contribution in [0.2, 0.25) is 0 Å². The molecule has 0 bridgehead atoms. The number of amides is 1. The fraction of sp³-hybridized carbons (Fsp3) is 0.118. The molecule has 0 spiro atoms. The lowest BCUT2D eigenvalue weighted by atomic mass is 10.1. The minimum atomic E-state index is -4.30. The molecule has 2 aromatic rings. The lowest BCUT2D eigenvalue weighted by Gasteiger charge is -2.06. The maximum absolute atomic E-state index is 12.5. The zero-order valence-corrected chi connectivity index (χ0v) is 14.5. The molecule has 0 aliphatic carbocycles. The highest BCUT2D eigenvalue weighted by Gasteiger charge is 2.36. The van der Waals surface area contributed by atoms with Crippen molar-refractivity contribution in [2.24, 2.45) is 5.84 Å². The van der Waals surface area contributed by atoms with Crippen molar-refractivity contribution in [2.45, 2.75) is 6.42 Å². The van der Waals surface area contributed by atoms with E-state index in [4.69, 9.17) is 14.2 Å². The van der Waals surface area contributed by atoms with E-state index in [-0.39, 0.29) is 5.76 Å². The lowest BCUT2D eigenvalue weighted by molar-refractivity contribution is -0.114. The topological polar surface area (TPSA) is 120 Å². The van der Waals surface area contributed by atoms with E-state index in [1.54, 1.807) is 42.5 Å². The summed E-state index contributed by atoms with van der Waals surface area (Å²) in [7, 11) is -4.30. The quantitative estimate of drug-likeness (QED) is 0.514. The summed E-state index contributed by atoms with van der Waals surface area (Å²) >= 11 is 0. The van der Waals surface area contributed by atoms with E-state index in [1.165, 1.54) is 0 Å². The number of nitrogens with two attached hydrogens (primary N) is 1. The number of anilines is 1. The second-order valence-corrected chi connectivity index (χ2v) is 6.60. The molecular weight excluding hydrogens is 358 g/mol. The summed E-state index contributed by atoms with van der Waals surface area (Å²) in [5.41, 5.74) is 4.51. The van der Waals surface area contributed by atoms with Gasteiger partial charge in [0.05, 0.1) is 0 Å². The first-order valence-corrected chi connectivity index (χ1v) is 9.09. The van der Waals surface area contributed by atoms with Crippen molar-refractivity contribution < 1.29 is 21.6 Å². The minimum absolute atomic E-state index is 0.145. The van der Waals surface area contributed by atoms with Gasteiger partial charge in [0.2, 0.25) is 5.76 Å². The van der Waals surface area contributed by atoms with Crippen molar-refractivity contribution in [3.05, 3.63) is 71.5 Å². The number of benzene rings is 2. The predicted molar refractivity (Wildman–Crippen MR) is 95.4 cm³/mol. The Balaban J connectivity index is 1.81. The molecule has 9 heteroatoms. The first kappa shape index (κ1) is 17.9. The summed E-state index contributed by atoms with van der Waals surface area (Å²) in [5, 5.41) is 2.60. The first-order chi connectivity index (χ1) is 12.5. The summed E-state index contributed by atoms with van der Waals surface area (Å²) in [6.45, 7) is 0.627.